The van der Waals surface area contributed by atoms with Crippen LogP contribution in [-0.2, 0) is 15.9 Å². The molecule has 5 heteroatoms. The molecule has 1 rings (SSSR count). The second-order valence-electron chi connectivity index (χ2n) is 3.75. The van der Waals surface area contributed by atoms with E-state index in [9.17, 15) is 5.11 Å². The van der Waals surface area contributed by atoms with Gasteiger partial charge in [0, 0.05) is 29.7 Å². The monoisotopic (exact) mass is 292 g/mol. The van der Waals surface area contributed by atoms with Gasteiger partial charge in [-0.3, -0.25) is 0 Å². The highest BCUT2D eigenvalue weighted by Crippen LogP contribution is 2.26. The van der Waals surface area contributed by atoms with Gasteiger partial charge < -0.3 is 14.6 Å². The minimum absolute atomic E-state index is 0.295. The maximum Gasteiger partial charge on any atom is 0.183 e. The minimum Gasteiger partial charge on any atom is -0.387 e. The van der Waals surface area contributed by atoms with Gasteiger partial charge >= 0.3 is 0 Å². The van der Waals surface area contributed by atoms with Gasteiger partial charge in [0.25, 0.3) is 0 Å². The lowest BCUT2D eigenvalue weighted by Gasteiger charge is -2.23. The van der Waals surface area contributed by atoms with Crippen LogP contribution >= 0.6 is 23.2 Å². The maximum atomic E-state index is 10.1. The van der Waals surface area contributed by atoms with Crippen molar-refractivity contribution in [3.8, 4) is 0 Å². The van der Waals surface area contributed by atoms with Gasteiger partial charge in [-0.05, 0) is 31.5 Å². The molecule has 0 aromatic heterocycles. The molecule has 0 fully saturated rings. The molecule has 1 aromatic rings. The zero-order valence-corrected chi connectivity index (χ0v) is 12.0. The Morgan fingerprint density at radius 2 is 1.61 bits per heavy atom. The first-order chi connectivity index (χ1) is 8.60. The summed E-state index contributed by atoms with van der Waals surface area (Å²) in [6.07, 6.45) is -1.17. The van der Waals surface area contributed by atoms with Gasteiger partial charge in [0.2, 0.25) is 0 Å². The van der Waals surface area contributed by atoms with Crippen LogP contribution in [0.1, 0.15) is 19.4 Å². The third kappa shape index (κ3) is 4.41. The fourth-order valence-corrected chi connectivity index (χ4v) is 2.18. The Labute approximate surface area is 118 Å². The summed E-state index contributed by atoms with van der Waals surface area (Å²) in [4.78, 5) is 0. The predicted octanol–water partition coefficient (Wildman–Crippen LogP) is 3.30. The van der Waals surface area contributed by atoms with Gasteiger partial charge in [-0.2, -0.15) is 0 Å². The molecule has 0 saturated carbocycles. The van der Waals surface area contributed by atoms with E-state index in [-0.39, 0.29) is 0 Å². The van der Waals surface area contributed by atoms with Crippen LogP contribution in [0.25, 0.3) is 0 Å². The SMILES string of the molecule is CCOC(OCC)C(O)Cc1c(Cl)cccc1Cl. The van der Waals surface area contributed by atoms with Crippen LogP contribution in [0.15, 0.2) is 18.2 Å². The standard InChI is InChI=1S/C13H18Cl2O3/c1-3-17-13(18-4-2)12(16)8-9-10(14)6-5-7-11(9)15/h5-7,12-13,16H,3-4,8H2,1-2H3. The molecule has 1 aromatic carbocycles. The average Bonchev–Trinajstić information content (AvgIpc) is 2.33. The first-order valence-corrected chi connectivity index (χ1v) is 6.69. The number of halogens is 2. The Balaban J connectivity index is 2.75. The van der Waals surface area contributed by atoms with E-state index in [2.05, 4.69) is 0 Å². The smallest absolute Gasteiger partial charge is 0.183 e. The van der Waals surface area contributed by atoms with E-state index in [1.807, 2.05) is 13.8 Å². The molecule has 0 amide bonds. The highest BCUT2D eigenvalue weighted by atomic mass is 35.5. The van der Waals surface area contributed by atoms with Crippen molar-refractivity contribution in [3.63, 3.8) is 0 Å². The number of rotatable bonds is 7. The van der Waals surface area contributed by atoms with Gasteiger partial charge in [0.15, 0.2) is 6.29 Å². The van der Waals surface area contributed by atoms with Crippen LogP contribution < -0.4 is 0 Å². The maximum absolute atomic E-state index is 10.1. The van der Waals surface area contributed by atoms with E-state index in [1.54, 1.807) is 18.2 Å². The van der Waals surface area contributed by atoms with E-state index in [0.29, 0.717) is 35.2 Å². The molecule has 0 aliphatic heterocycles. The largest absolute Gasteiger partial charge is 0.387 e. The summed E-state index contributed by atoms with van der Waals surface area (Å²) < 4.78 is 10.7. The summed E-state index contributed by atoms with van der Waals surface area (Å²) in [5, 5.41) is 11.2. The van der Waals surface area contributed by atoms with Crippen molar-refractivity contribution in [1.82, 2.24) is 0 Å². The van der Waals surface area contributed by atoms with E-state index >= 15 is 0 Å². The molecule has 0 spiro atoms. The summed E-state index contributed by atoms with van der Waals surface area (Å²) in [5.74, 6) is 0. The molecule has 0 heterocycles. The van der Waals surface area contributed by atoms with Crippen molar-refractivity contribution in [2.75, 3.05) is 13.2 Å². The molecule has 102 valence electrons. The van der Waals surface area contributed by atoms with Gasteiger partial charge in [-0.25, -0.2) is 0 Å². The fraction of sp³-hybridized carbons (Fsp3) is 0.538. The number of hydrogen-bond acceptors (Lipinski definition) is 3. The highest BCUT2D eigenvalue weighted by Gasteiger charge is 2.22. The van der Waals surface area contributed by atoms with Crippen LogP contribution in [-0.4, -0.2) is 30.7 Å². The van der Waals surface area contributed by atoms with Crippen molar-refractivity contribution >= 4 is 23.2 Å². The predicted molar refractivity (Wildman–Crippen MR) is 73.2 cm³/mol. The summed E-state index contributed by atoms with van der Waals surface area (Å²) in [7, 11) is 0. The van der Waals surface area contributed by atoms with Crippen molar-refractivity contribution < 1.29 is 14.6 Å². The Kier molecular flexibility index (Phi) is 6.97. The number of aliphatic hydroxyl groups excluding tert-OH is 1. The number of aliphatic hydroxyl groups is 1. The zero-order chi connectivity index (χ0) is 13.5. The Hall–Kier alpha value is -0.320. The lowest BCUT2D eigenvalue weighted by Crippen LogP contribution is -2.33. The van der Waals surface area contributed by atoms with Crippen LogP contribution in [0.2, 0.25) is 10.0 Å². The fourth-order valence-electron chi connectivity index (χ4n) is 1.63. The van der Waals surface area contributed by atoms with Crippen molar-refractivity contribution in [3.05, 3.63) is 33.8 Å². The second kappa shape index (κ2) is 7.97. The third-order valence-corrected chi connectivity index (χ3v) is 3.16. The normalized spacial score (nSPS) is 13.0. The van der Waals surface area contributed by atoms with Crippen molar-refractivity contribution in [2.45, 2.75) is 32.7 Å². The van der Waals surface area contributed by atoms with E-state index in [4.69, 9.17) is 32.7 Å². The van der Waals surface area contributed by atoms with E-state index in [0.717, 1.165) is 0 Å². The van der Waals surface area contributed by atoms with Crippen LogP contribution in [0, 0.1) is 0 Å². The second-order valence-corrected chi connectivity index (χ2v) is 4.57. The summed E-state index contributed by atoms with van der Waals surface area (Å²) >= 11 is 12.1. The van der Waals surface area contributed by atoms with E-state index in [1.165, 1.54) is 0 Å². The molecule has 1 unspecified atom stereocenters. The minimum atomic E-state index is -0.803. The zero-order valence-electron chi connectivity index (χ0n) is 10.5. The van der Waals surface area contributed by atoms with Gasteiger partial charge in [-0.15, -0.1) is 0 Å². The van der Waals surface area contributed by atoms with Crippen molar-refractivity contribution in [1.29, 1.82) is 0 Å². The summed E-state index contributed by atoms with van der Waals surface area (Å²) in [6, 6.07) is 5.25. The topological polar surface area (TPSA) is 38.7 Å². The van der Waals surface area contributed by atoms with Crippen LogP contribution in [0.3, 0.4) is 0 Å². The van der Waals surface area contributed by atoms with Gasteiger partial charge in [0.1, 0.15) is 6.10 Å². The Morgan fingerprint density at radius 3 is 2.06 bits per heavy atom. The highest BCUT2D eigenvalue weighted by molar-refractivity contribution is 6.35. The Morgan fingerprint density at radius 1 is 1.11 bits per heavy atom. The number of benzene rings is 1. The molecule has 0 radical (unpaired) electrons. The molecule has 0 aliphatic rings. The molecular formula is C13H18Cl2O3. The van der Waals surface area contributed by atoms with Gasteiger partial charge in [0.05, 0.1) is 0 Å². The first kappa shape index (κ1) is 15.7. The quantitative estimate of drug-likeness (QED) is 0.784. The number of ether oxygens (including phenoxy) is 2. The summed E-state index contributed by atoms with van der Waals surface area (Å²) in [6.45, 7) is 4.64. The molecule has 18 heavy (non-hydrogen) atoms. The lowest BCUT2D eigenvalue weighted by molar-refractivity contribution is -0.188. The number of hydrogen-bond donors (Lipinski definition) is 1. The molecule has 0 bridgehead atoms. The van der Waals surface area contributed by atoms with Crippen LogP contribution in [0.4, 0.5) is 0 Å². The van der Waals surface area contributed by atoms with E-state index < -0.39 is 12.4 Å². The molecule has 1 N–H and O–H groups in total. The Bertz CT molecular complexity index is 345. The molecule has 1 atom stereocenters. The molecule has 0 saturated heterocycles. The molecule has 3 nitrogen and oxygen atoms in total. The van der Waals surface area contributed by atoms with Crippen LogP contribution in [0.5, 0.6) is 0 Å². The third-order valence-electron chi connectivity index (χ3n) is 2.45. The molecular weight excluding hydrogens is 275 g/mol. The van der Waals surface area contributed by atoms with Crippen molar-refractivity contribution in [2.24, 2.45) is 0 Å². The van der Waals surface area contributed by atoms with Gasteiger partial charge in [-0.1, -0.05) is 29.3 Å². The molecule has 0 aliphatic carbocycles. The average molecular weight is 293 g/mol. The summed E-state index contributed by atoms with van der Waals surface area (Å²) in [5.41, 5.74) is 0.706. The first-order valence-electron chi connectivity index (χ1n) is 5.94. The lowest BCUT2D eigenvalue weighted by atomic mass is 10.1.